The molecule has 0 aromatic heterocycles. The van der Waals surface area contributed by atoms with Crippen LogP contribution in [0.25, 0.3) is 0 Å². The number of nitrogens with zero attached hydrogens (tertiary/aromatic N) is 1. The van der Waals surface area contributed by atoms with Gasteiger partial charge < -0.3 is 15.4 Å². The van der Waals surface area contributed by atoms with Gasteiger partial charge in [-0.1, -0.05) is 31.0 Å². The summed E-state index contributed by atoms with van der Waals surface area (Å²) in [6.45, 7) is 1.56. The minimum Gasteiger partial charge on any atom is -0.372 e. The number of para-hydroxylation sites is 1. The van der Waals surface area contributed by atoms with E-state index in [0.717, 1.165) is 6.54 Å². The lowest BCUT2D eigenvalue weighted by Crippen LogP contribution is -2.32. The van der Waals surface area contributed by atoms with Crippen LogP contribution in [0.15, 0.2) is 24.3 Å². The monoisotopic (exact) mass is 274 g/mol. The van der Waals surface area contributed by atoms with E-state index in [2.05, 4.69) is 36.2 Å². The number of nitrogens with two attached hydrogens (primary N) is 1. The summed E-state index contributed by atoms with van der Waals surface area (Å²) in [6, 6.07) is 8.40. The van der Waals surface area contributed by atoms with E-state index < -0.39 is 0 Å². The van der Waals surface area contributed by atoms with Crippen LogP contribution < -0.4 is 10.6 Å². The highest BCUT2D eigenvalue weighted by atomic mass is 16.5. The first kappa shape index (κ1) is 13.9. The molecule has 1 aliphatic heterocycles. The van der Waals surface area contributed by atoms with Crippen LogP contribution in [-0.2, 0) is 11.3 Å². The van der Waals surface area contributed by atoms with E-state index >= 15 is 0 Å². The fraction of sp³-hybridized carbons (Fsp3) is 0.647. The molecule has 1 aromatic rings. The van der Waals surface area contributed by atoms with Crippen molar-refractivity contribution >= 4 is 5.69 Å². The van der Waals surface area contributed by atoms with Crippen LogP contribution in [0, 0.1) is 0 Å². The van der Waals surface area contributed by atoms with Crippen molar-refractivity contribution in [3.63, 3.8) is 0 Å². The molecule has 2 N–H and O–H groups in total. The molecule has 1 saturated heterocycles. The Morgan fingerprint density at radius 3 is 2.75 bits per heavy atom. The molecular formula is C17H26N2O. The van der Waals surface area contributed by atoms with Crippen molar-refractivity contribution in [2.24, 2.45) is 5.73 Å². The molecule has 2 fully saturated rings. The molecule has 1 atom stereocenters. The smallest absolute Gasteiger partial charge is 0.0758 e. The Morgan fingerprint density at radius 1 is 1.25 bits per heavy atom. The van der Waals surface area contributed by atoms with Gasteiger partial charge in [0.1, 0.15) is 0 Å². The van der Waals surface area contributed by atoms with Crippen LogP contribution in [0.4, 0.5) is 5.69 Å². The van der Waals surface area contributed by atoms with Crippen molar-refractivity contribution in [1.29, 1.82) is 0 Å². The van der Waals surface area contributed by atoms with E-state index in [1.165, 1.54) is 49.8 Å². The minimum atomic E-state index is 0.235. The maximum atomic E-state index is 6.40. The predicted molar refractivity (Wildman–Crippen MR) is 82.9 cm³/mol. The summed E-state index contributed by atoms with van der Waals surface area (Å²) in [7, 11) is 2.15. The number of hydrogen-bond acceptors (Lipinski definition) is 3. The van der Waals surface area contributed by atoms with Crippen LogP contribution in [0.3, 0.4) is 0 Å². The van der Waals surface area contributed by atoms with Crippen LogP contribution in [0.2, 0.25) is 0 Å². The number of rotatable bonds is 4. The van der Waals surface area contributed by atoms with E-state index in [0.29, 0.717) is 12.6 Å². The molecular weight excluding hydrogens is 248 g/mol. The van der Waals surface area contributed by atoms with Gasteiger partial charge in [-0.3, -0.25) is 0 Å². The molecule has 110 valence electrons. The summed E-state index contributed by atoms with van der Waals surface area (Å²) in [5.74, 6) is 0. The van der Waals surface area contributed by atoms with E-state index in [4.69, 9.17) is 10.5 Å². The highest BCUT2D eigenvalue weighted by Gasteiger charge is 2.42. The van der Waals surface area contributed by atoms with Gasteiger partial charge in [0.15, 0.2) is 0 Å². The fourth-order valence-corrected chi connectivity index (χ4v) is 3.87. The van der Waals surface area contributed by atoms with Crippen molar-refractivity contribution in [2.75, 3.05) is 18.5 Å². The number of ether oxygens (including phenoxy) is 1. The van der Waals surface area contributed by atoms with Gasteiger partial charge in [0.2, 0.25) is 0 Å². The van der Waals surface area contributed by atoms with E-state index in [1.807, 2.05) is 0 Å². The fourth-order valence-electron chi connectivity index (χ4n) is 3.87. The lowest BCUT2D eigenvalue weighted by atomic mass is 9.98. The van der Waals surface area contributed by atoms with Crippen molar-refractivity contribution < 1.29 is 4.74 Å². The van der Waals surface area contributed by atoms with Crippen LogP contribution in [0.1, 0.15) is 44.1 Å². The Kier molecular flexibility index (Phi) is 3.99. The zero-order chi connectivity index (χ0) is 14.0. The summed E-state index contributed by atoms with van der Waals surface area (Å²) in [4.78, 5) is 2.31. The lowest BCUT2D eigenvalue weighted by molar-refractivity contribution is -0.0324. The summed E-state index contributed by atoms with van der Waals surface area (Å²) in [5.41, 5.74) is 8.52. The minimum absolute atomic E-state index is 0.235. The SMILES string of the molecule is CN(CC1CCC2(CCCC2)O1)c1ccccc1CN. The standard InChI is InChI=1S/C17H26N2O/c1-19(16-7-3-2-6-14(16)12-18)13-15-8-11-17(20-15)9-4-5-10-17/h2-3,6-7,15H,4-5,8-13,18H2,1H3. The van der Waals surface area contributed by atoms with Gasteiger partial charge in [-0.25, -0.2) is 0 Å². The van der Waals surface area contributed by atoms with Gasteiger partial charge in [0.05, 0.1) is 11.7 Å². The predicted octanol–water partition coefficient (Wildman–Crippen LogP) is 3.07. The molecule has 0 bridgehead atoms. The summed E-state index contributed by atoms with van der Waals surface area (Å²) in [6.07, 6.45) is 8.07. The van der Waals surface area contributed by atoms with E-state index in [1.54, 1.807) is 0 Å². The van der Waals surface area contributed by atoms with Gasteiger partial charge in [-0.15, -0.1) is 0 Å². The molecule has 20 heavy (non-hydrogen) atoms. The van der Waals surface area contributed by atoms with Crippen molar-refractivity contribution in [3.8, 4) is 0 Å². The lowest BCUT2D eigenvalue weighted by Gasteiger charge is -2.28. The van der Waals surface area contributed by atoms with E-state index in [-0.39, 0.29) is 5.60 Å². The third-order valence-electron chi connectivity index (χ3n) is 4.95. The second-order valence-electron chi connectivity index (χ2n) is 6.38. The number of anilines is 1. The Hall–Kier alpha value is -1.06. The average Bonchev–Trinajstić information content (AvgIpc) is 3.09. The Bertz CT molecular complexity index is 454. The van der Waals surface area contributed by atoms with Crippen molar-refractivity contribution in [1.82, 2.24) is 0 Å². The maximum Gasteiger partial charge on any atom is 0.0758 e. The molecule has 3 nitrogen and oxygen atoms in total. The highest BCUT2D eigenvalue weighted by molar-refractivity contribution is 5.53. The molecule has 1 spiro atoms. The number of benzene rings is 1. The molecule has 1 aromatic carbocycles. The van der Waals surface area contributed by atoms with Crippen LogP contribution in [0.5, 0.6) is 0 Å². The normalized spacial score (nSPS) is 24.4. The molecule has 1 saturated carbocycles. The molecule has 0 radical (unpaired) electrons. The second-order valence-corrected chi connectivity index (χ2v) is 6.38. The van der Waals surface area contributed by atoms with E-state index in [9.17, 15) is 0 Å². The van der Waals surface area contributed by atoms with Gasteiger partial charge in [0.25, 0.3) is 0 Å². The molecule has 1 aliphatic carbocycles. The summed E-state index contributed by atoms with van der Waals surface area (Å²) < 4.78 is 6.40. The Labute approximate surface area is 122 Å². The molecule has 2 aliphatic rings. The first-order chi connectivity index (χ1) is 9.72. The maximum absolute atomic E-state index is 6.40. The molecule has 3 rings (SSSR count). The summed E-state index contributed by atoms with van der Waals surface area (Å²) in [5, 5.41) is 0. The Morgan fingerprint density at radius 2 is 2.00 bits per heavy atom. The van der Waals surface area contributed by atoms with Gasteiger partial charge in [0, 0.05) is 25.8 Å². The zero-order valence-corrected chi connectivity index (χ0v) is 12.5. The molecule has 3 heteroatoms. The first-order valence-corrected chi connectivity index (χ1v) is 7.89. The van der Waals surface area contributed by atoms with Gasteiger partial charge >= 0.3 is 0 Å². The van der Waals surface area contributed by atoms with Crippen LogP contribution in [-0.4, -0.2) is 25.3 Å². The highest BCUT2D eigenvalue weighted by Crippen LogP contribution is 2.43. The second kappa shape index (κ2) is 5.74. The van der Waals surface area contributed by atoms with Gasteiger partial charge in [-0.2, -0.15) is 0 Å². The topological polar surface area (TPSA) is 38.5 Å². The molecule has 0 amide bonds. The van der Waals surface area contributed by atoms with Gasteiger partial charge in [-0.05, 0) is 37.3 Å². The van der Waals surface area contributed by atoms with Crippen molar-refractivity contribution in [2.45, 2.75) is 56.8 Å². The number of hydrogen-bond donors (Lipinski definition) is 1. The molecule has 1 heterocycles. The van der Waals surface area contributed by atoms with Crippen molar-refractivity contribution in [3.05, 3.63) is 29.8 Å². The quantitative estimate of drug-likeness (QED) is 0.917. The third kappa shape index (κ3) is 2.70. The number of likely N-dealkylation sites (N-methyl/N-ethyl adjacent to an activating group) is 1. The summed E-state index contributed by atoms with van der Waals surface area (Å²) >= 11 is 0. The van der Waals surface area contributed by atoms with Crippen LogP contribution >= 0.6 is 0 Å². The first-order valence-electron chi connectivity index (χ1n) is 7.89. The average molecular weight is 274 g/mol. The largest absolute Gasteiger partial charge is 0.372 e. The molecule has 1 unspecified atom stereocenters. The third-order valence-corrected chi connectivity index (χ3v) is 4.95. The zero-order valence-electron chi connectivity index (χ0n) is 12.5. The Balaban J connectivity index is 1.63.